The quantitative estimate of drug-likeness (QED) is 0.801. The molecule has 0 radical (unpaired) electrons. The molecule has 1 aliphatic rings. The van der Waals surface area contributed by atoms with E-state index in [4.69, 9.17) is 9.88 Å². The van der Waals surface area contributed by atoms with Gasteiger partial charge in [0.1, 0.15) is 16.8 Å². The fourth-order valence-corrected chi connectivity index (χ4v) is 3.29. The van der Waals surface area contributed by atoms with Crippen molar-refractivity contribution < 1.29 is 18.1 Å². The Kier molecular flexibility index (Phi) is 4.74. The van der Waals surface area contributed by atoms with Gasteiger partial charge in [0.2, 0.25) is 0 Å². The maximum Gasteiger partial charge on any atom is 0.179 e. The largest absolute Gasteiger partial charge is 0.598 e. The Bertz CT molecular complexity index is 636. The molecule has 120 valence electrons. The molecule has 0 amide bonds. The zero-order valence-corrected chi connectivity index (χ0v) is 14.4. The molecule has 1 aromatic carbocycles. The topological polar surface area (TPSA) is 82.1 Å². The van der Waals surface area contributed by atoms with Crippen molar-refractivity contribution in [1.82, 2.24) is 0 Å². The lowest BCUT2D eigenvalue weighted by Crippen LogP contribution is -2.51. The number of fused-ring (bicyclic) bond motifs is 1. The SMILES string of the molecule is CC(C)(C[C@]1(C#N)c2ccc(Br)c(F)c2OC[C@H]1F)[S+](N)[O-]. The number of rotatable bonds is 3. The molecular formula is C14H15BrF2N2O2S. The number of hydrogen-bond donors (Lipinski definition) is 1. The van der Waals surface area contributed by atoms with Crippen molar-refractivity contribution in [1.29, 1.82) is 5.26 Å². The fourth-order valence-electron chi connectivity index (χ4n) is 2.61. The highest BCUT2D eigenvalue weighted by Gasteiger charge is 2.53. The molecule has 0 bridgehead atoms. The molecule has 2 rings (SSSR count). The second-order valence-electron chi connectivity index (χ2n) is 5.83. The van der Waals surface area contributed by atoms with Crippen LogP contribution in [0.1, 0.15) is 25.8 Å². The van der Waals surface area contributed by atoms with Gasteiger partial charge >= 0.3 is 0 Å². The first-order valence-corrected chi connectivity index (χ1v) is 8.49. The molecule has 0 aromatic heterocycles. The van der Waals surface area contributed by atoms with Gasteiger partial charge in [0.15, 0.2) is 17.7 Å². The van der Waals surface area contributed by atoms with Crippen molar-refractivity contribution in [3.8, 4) is 11.8 Å². The van der Waals surface area contributed by atoms with Crippen molar-refractivity contribution in [3.05, 3.63) is 28.0 Å². The number of alkyl halides is 1. The smallest absolute Gasteiger partial charge is 0.179 e. The maximum absolute atomic E-state index is 14.6. The van der Waals surface area contributed by atoms with E-state index >= 15 is 0 Å². The monoisotopic (exact) mass is 392 g/mol. The van der Waals surface area contributed by atoms with E-state index in [2.05, 4.69) is 15.9 Å². The molecule has 2 N–H and O–H groups in total. The Balaban J connectivity index is 2.62. The molecule has 8 heteroatoms. The van der Waals surface area contributed by atoms with Crippen LogP contribution in [-0.2, 0) is 16.8 Å². The maximum atomic E-state index is 14.6. The minimum Gasteiger partial charge on any atom is -0.598 e. The van der Waals surface area contributed by atoms with Gasteiger partial charge in [-0.3, -0.25) is 0 Å². The highest BCUT2D eigenvalue weighted by atomic mass is 79.9. The summed E-state index contributed by atoms with van der Waals surface area (Å²) in [4.78, 5) is 0. The second kappa shape index (κ2) is 5.96. The number of benzene rings is 1. The summed E-state index contributed by atoms with van der Waals surface area (Å²) in [5, 5.41) is 15.1. The third-order valence-corrected chi connectivity index (χ3v) is 5.73. The average molecular weight is 393 g/mol. The molecular weight excluding hydrogens is 378 g/mol. The number of halogens is 3. The highest BCUT2D eigenvalue weighted by Crippen LogP contribution is 2.48. The normalized spacial score (nSPS) is 25.8. The van der Waals surface area contributed by atoms with Crippen LogP contribution in [0.2, 0.25) is 0 Å². The van der Waals surface area contributed by atoms with Crippen LogP contribution in [-0.4, -0.2) is 22.1 Å². The van der Waals surface area contributed by atoms with E-state index in [-0.39, 0.29) is 22.2 Å². The second-order valence-corrected chi connectivity index (χ2v) is 8.39. The Morgan fingerprint density at radius 3 is 2.82 bits per heavy atom. The molecule has 4 nitrogen and oxygen atoms in total. The lowest BCUT2D eigenvalue weighted by atomic mass is 9.70. The summed E-state index contributed by atoms with van der Waals surface area (Å²) in [6, 6.07) is 4.80. The minimum atomic E-state index is -1.77. The molecule has 0 fully saturated rings. The zero-order chi connectivity index (χ0) is 16.7. The highest BCUT2D eigenvalue weighted by molar-refractivity contribution is 9.10. The standard InChI is InChI=1S/C14H15BrF2N2O2S/c1-13(2,22(19)20)6-14(7-18)8-3-4-9(15)11(17)12(8)21-5-10(14)16/h3-4,10H,5-6,19H2,1-2H3/t10-,14+,22?/m1/s1. The third kappa shape index (κ3) is 2.71. The van der Waals surface area contributed by atoms with Crippen molar-refractivity contribution in [2.45, 2.75) is 36.6 Å². The molecule has 0 saturated heterocycles. The van der Waals surface area contributed by atoms with Gasteiger partial charge in [0, 0.05) is 23.3 Å². The van der Waals surface area contributed by atoms with Crippen LogP contribution in [0.4, 0.5) is 8.78 Å². The van der Waals surface area contributed by atoms with Gasteiger partial charge in [0.05, 0.1) is 10.5 Å². The average Bonchev–Trinajstić information content (AvgIpc) is 2.45. The molecule has 0 aliphatic carbocycles. The lowest BCUT2D eigenvalue weighted by Gasteiger charge is -2.40. The van der Waals surface area contributed by atoms with Crippen molar-refractivity contribution in [2.75, 3.05) is 6.61 Å². The zero-order valence-electron chi connectivity index (χ0n) is 12.0. The van der Waals surface area contributed by atoms with E-state index in [0.717, 1.165) is 0 Å². The van der Waals surface area contributed by atoms with E-state index in [1.165, 1.54) is 12.1 Å². The van der Waals surface area contributed by atoms with Crippen molar-refractivity contribution in [2.24, 2.45) is 5.14 Å². The molecule has 0 saturated carbocycles. The molecule has 1 heterocycles. The van der Waals surface area contributed by atoms with Gasteiger partial charge in [0.25, 0.3) is 0 Å². The first-order valence-electron chi connectivity index (χ1n) is 6.48. The van der Waals surface area contributed by atoms with Crippen LogP contribution >= 0.6 is 15.9 Å². The summed E-state index contributed by atoms with van der Waals surface area (Å²) in [5.74, 6) is -0.834. The van der Waals surface area contributed by atoms with Crippen LogP contribution < -0.4 is 9.88 Å². The van der Waals surface area contributed by atoms with Crippen LogP contribution in [0.3, 0.4) is 0 Å². The van der Waals surface area contributed by atoms with Gasteiger partial charge in [-0.15, -0.1) is 0 Å². The lowest BCUT2D eigenvalue weighted by molar-refractivity contribution is 0.100. The summed E-state index contributed by atoms with van der Waals surface area (Å²) in [5.41, 5.74) is -1.54. The molecule has 1 unspecified atom stereocenters. The molecule has 0 spiro atoms. The number of nitrogens with zero attached hydrogens (tertiary/aromatic N) is 1. The molecule has 22 heavy (non-hydrogen) atoms. The minimum absolute atomic E-state index is 0.113. The van der Waals surface area contributed by atoms with Crippen LogP contribution in [0.5, 0.6) is 5.75 Å². The number of nitrogens with two attached hydrogens (primary N) is 1. The van der Waals surface area contributed by atoms with E-state index in [1.54, 1.807) is 13.8 Å². The first kappa shape index (κ1) is 17.5. The van der Waals surface area contributed by atoms with Crippen LogP contribution in [0.25, 0.3) is 0 Å². The van der Waals surface area contributed by atoms with Gasteiger partial charge in [-0.05, 0) is 35.8 Å². The van der Waals surface area contributed by atoms with Gasteiger partial charge < -0.3 is 9.29 Å². The summed E-state index contributed by atoms with van der Waals surface area (Å²) >= 11 is 1.27. The van der Waals surface area contributed by atoms with E-state index in [0.29, 0.717) is 0 Å². The van der Waals surface area contributed by atoms with Crippen molar-refractivity contribution in [3.63, 3.8) is 0 Å². The van der Waals surface area contributed by atoms with Gasteiger partial charge in [-0.1, -0.05) is 6.07 Å². The molecule has 1 aromatic rings. The van der Waals surface area contributed by atoms with E-state index in [1.807, 2.05) is 6.07 Å². The van der Waals surface area contributed by atoms with Gasteiger partial charge in [-0.2, -0.15) is 10.4 Å². The summed E-state index contributed by atoms with van der Waals surface area (Å²) < 4.78 is 44.8. The first-order chi connectivity index (χ1) is 10.2. The number of nitriles is 1. The van der Waals surface area contributed by atoms with Crippen LogP contribution in [0.15, 0.2) is 16.6 Å². The third-order valence-electron chi connectivity index (χ3n) is 3.89. The Hall–Kier alpha value is -0.880. The Morgan fingerprint density at radius 1 is 1.64 bits per heavy atom. The van der Waals surface area contributed by atoms with Crippen LogP contribution in [0, 0.1) is 17.1 Å². The van der Waals surface area contributed by atoms with E-state index in [9.17, 15) is 18.6 Å². The summed E-state index contributed by atoms with van der Waals surface area (Å²) in [7, 11) is 0. The predicted octanol–water partition coefficient (Wildman–Crippen LogP) is 2.87. The fraction of sp³-hybridized carbons (Fsp3) is 0.500. The Morgan fingerprint density at radius 2 is 2.27 bits per heavy atom. The predicted molar refractivity (Wildman–Crippen MR) is 82.8 cm³/mol. The number of hydrogen-bond acceptors (Lipinski definition) is 4. The molecule has 1 aliphatic heterocycles. The summed E-state index contributed by atoms with van der Waals surface area (Å²) in [6.45, 7) is 2.72. The number of ether oxygens (including phenoxy) is 1. The van der Waals surface area contributed by atoms with Gasteiger partial charge in [-0.25, -0.2) is 8.78 Å². The summed E-state index contributed by atoms with van der Waals surface area (Å²) in [6.07, 6.45) is -1.79. The van der Waals surface area contributed by atoms with E-state index < -0.39 is 40.1 Å². The molecule has 3 atom stereocenters. The Labute approximate surface area is 139 Å². The van der Waals surface area contributed by atoms with Crippen molar-refractivity contribution >= 4 is 27.3 Å².